The van der Waals surface area contributed by atoms with E-state index in [1.807, 2.05) is 13.8 Å². The van der Waals surface area contributed by atoms with E-state index >= 15 is 0 Å². The lowest BCUT2D eigenvalue weighted by molar-refractivity contribution is 0.876. The first-order valence-corrected chi connectivity index (χ1v) is 3.82. The fraction of sp³-hybridized carbons (Fsp3) is 0.556. The standard InChI is InChI=1S/C7H10.C2H6/c1-2-4-6-7-5-3-1;1-2/h1-4H,5-7H2;1-2H3. The second kappa shape index (κ2) is 7.48. The zero-order chi connectivity index (χ0) is 6.95. The number of allylic oxidation sites excluding steroid dienone is 4. The molecule has 0 heterocycles. The van der Waals surface area contributed by atoms with E-state index in [-0.39, 0.29) is 0 Å². The predicted octanol–water partition coefficient (Wildman–Crippen LogP) is 3.31. The Morgan fingerprint density at radius 1 is 0.889 bits per heavy atom. The van der Waals surface area contributed by atoms with Crippen LogP contribution in [0.3, 0.4) is 0 Å². The maximum absolute atomic E-state index is 2.21. The molecule has 0 saturated carbocycles. The maximum Gasteiger partial charge on any atom is -0.0345 e. The van der Waals surface area contributed by atoms with Gasteiger partial charge in [0, 0.05) is 0 Å². The van der Waals surface area contributed by atoms with E-state index < -0.39 is 0 Å². The Bertz CT molecular complexity index is 76.2. The molecule has 0 heteroatoms. The van der Waals surface area contributed by atoms with Crippen LogP contribution in [0, 0.1) is 0 Å². The molecule has 0 N–H and O–H groups in total. The predicted molar refractivity (Wildman–Crippen MR) is 43.5 cm³/mol. The second-order valence-electron chi connectivity index (χ2n) is 1.79. The van der Waals surface area contributed by atoms with Crippen molar-refractivity contribution in [2.75, 3.05) is 0 Å². The molecule has 0 amide bonds. The number of hydrogen-bond donors (Lipinski definition) is 0. The SMILES string of the molecule is C1=CCCCC=C1.CC. The summed E-state index contributed by atoms with van der Waals surface area (Å²) in [7, 11) is 0. The van der Waals surface area contributed by atoms with Crippen LogP contribution in [0.25, 0.3) is 0 Å². The van der Waals surface area contributed by atoms with Crippen molar-refractivity contribution in [3.8, 4) is 0 Å². The summed E-state index contributed by atoms with van der Waals surface area (Å²) >= 11 is 0. The van der Waals surface area contributed by atoms with Gasteiger partial charge in [0.2, 0.25) is 0 Å². The molecule has 0 bridgehead atoms. The van der Waals surface area contributed by atoms with E-state index in [0.29, 0.717) is 0 Å². The van der Waals surface area contributed by atoms with E-state index in [9.17, 15) is 0 Å². The second-order valence-corrected chi connectivity index (χ2v) is 1.79. The zero-order valence-corrected chi connectivity index (χ0v) is 6.43. The highest BCUT2D eigenvalue weighted by atomic mass is 13.9. The first-order chi connectivity index (χ1) is 4.50. The lowest BCUT2D eigenvalue weighted by atomic mass is 10.2. The third kappa shape index (κ3) is 5.35. The third-order valence-corrected chi connectivity index (χ3v) is 1.12. The number of rotatable bonds is 0. The van der Waals surface area contributed by atoms with Crippen molar-refractivity contribution in [3.05, 3.63) is 24.3 Å². The summed E-state index contributed by atoms with van der Waals surface area (Å²) < 4.78 is 0. The molecule has 0 saturated heterocycles. The monoisotopic (exact) mass is 124 g/mol. The van der Waals surface area contributed by atoms with Gasteiger partial charge in [-0.2, -0.15) is 0 Å². The molecule has 0 fully saturated rings. The van der Waals surface area contributed by atoms with Gasteiger partial charge < -0.3 is 0 Å². The summed E-state index contributed by atoms with van der Waals surface area (Å²) in [5.41, 5.74) is 0. The molecule has 1 rings (SSSR count). The van der Waals surface area contributed by atoms with Gasteiger partial charge in [-0.1, -0.05) is 38.2 Å². The van der Waals surface area contributed by atoms with Gasteiger partial charge >= 0.3 is 0 Å². The van der Waals surface area contributed by atoms with Gasteiger partial charge in [0.15, 0.2) is 0 Å². The molecule has 0 aliphatic heterocycles. The van der Waals surface area contributed by atoms with Crippen LogP contribution in [0.4, 0.5) is 0 Å². The van der Waals surface area contributed by atoms with Crippen molar-refractivity contribution >= 4 is 0 Å². The number of hydrogen-bond acceptors (Lipinski definition) is 0. The molecule has 0 aromatic heterocycles. The molecule has 0 nitrogen and oxygen atoms in total. The van der Waals surface area contributed by atoms with Gasteiger partial charge in [-0.3, -0.25) is 0 Å². The van der Waals surface area contributed by atoms with Crippen LogP contribution in [0.15, 0.2) is 24.3 Å². The largest absolute Gasteiger partial charge is 0.0845 e. The Morgan fingerprint density at radius 2 is 1.33 bits per heavy atom. The molecule has 9 heavy (non-hydrogen) atoms. The lowest BCUT2D eigenvalue weighted by Crippen LogP contribution is -1.62. The van der Waals surface area contributed by atoms with Crippen LogP contribution in [-0.4, -0.2) is 0 Å². The molecule has 1 aliphatic rings. The van der Waals surface area contributed by atoms with Crippen molar-refractivity contribution in [2.24, 2.45) is 0 Å². The van der Waals surface area contributed by atoms with Crippen LogP contribution in [0.2, 0.25) is 0 Å². The van der Waals surface area contributed by atoms with Crippen LogP contribution < -0.4 is 0 Å². The molecule has 0 spiro atoms. The molecular weight excluding hydrogens is 108 g/mol. The Balaban J connectivity index is 0.000000291. The normalized spacial score (nSPS) is 15.8. The van der Waals surface area contributed by atoms with E-state index in [4.69, 9.17) is 0 Å². The van der Waals surface area contributed by atoms with Crippen LogP contribution in [0.5, 0.6) is 0 Å². The Hall–Kier alpha value is -0.520. The Kier molecular flexibility index (Phi) is 7.05. The highest BCUT2D eigenvalue weighted by molar-refractivity contribution is 5.04. The molecule has 0 aromatic rings. The highest BCUT2D eigenvalue weighted by Crippen LogP contribution is 2.01. The molecule has 0 atom stereocenters. The average molecular weight is 124 g/mol. The fourth-order valence-corrected chi connectivity index (χ4v) is 0.703. The minimum atomic E-state index is 1.26. The Labute approximate surface area is 58.3 Å². The van der Waals surface area contributed by atoms with E-state index in [0.717, 1.165) is 0 Å². The van der Waals surface area contributed by atoms with Gasteiger partial charge in [0.1, 0.15) is 0 Å². The highest BCUT2D eigenvalue weighted by Gasteiger charge is 1.81. The molecule has 0 aromatic carbocycles. The summed E-state index contributed by atoms with van der Waals surface area (Å²) in [6.45, 7) is 4.00. The summed E-state index contributed by atoms with van der Waals surface area (Å²) in [6, 6.07) is 0. The summed E-state index contributed by atoms with van der Waals surface area (Å²) in [5, 5.41) is 0. The van der Waals surface area contributed by atoms with E-state index in [1.54, 1.807) is 0 Å². The molecule has 52 valence electrons. The summed E-state index contributed by atoms with van der Waals surface area (Å²) in [5.74, 6) is 0. The van der Waals surface area contributed by atoms with E-state index in [2.05, 4.69) is 24.3 Å². The summed E-state index contributed by atoms with van der Waals surface area (Å²) in [6.07, 6.45) is 12.5. The van der Waals surface area contributed by atoms with Gasteiger partial charge in [0.05, 0.1) is 0 Å². The smallest absolute Gasteiger partial charge is 0.0345 e. The third-order valence-electron chi connectivity index (χ3n) is 1.12. The van der Waals surface area contributed by atoms with Crippen molar-refractivity contribution in [2.45, 2.75) is 33.1 Å². The molecular formula is C9H16. The maximum atomic E-state index is 2.21. The van der Waals surface area contributed by atoms with Crippen LogP contribution in [-0.2, 0) is 0 Å². The Morgan fingerprint density at radius 3 is 1.78 bits per heavy atom. The first-order valence-electron chi connectivity index (χ1n) is 3.82. The minimum Gasteiger partial charge on any atom is -0.0845 e. The van der Waals surface area contributed by atoms with Crippen LogP contribution in [0.1, 0.15) is 33.1 Å². The van der Waals surface area contributed by atoms with Crippen molar-refractivity contribution in [1.82, 2.24) is 0 Å². The van der Waals surface area contributed by atoms with Crippen molar-refractivity contribution in [1.29, 1.82) is 0 Å². The molecule has 0 unspecified atom stereocenters. The van der Waals surface area contributed by atoms with Gasteiger partial charge in [-0.15, -0.1) is 0 Å². The van der Waals surface area contributed by atoms with Gasteiger partial charge in [-0.25, -0.2) is 0 Å². The topological polar surface area (TPSA) is 0 Å². The average Bonchev–Trinajstić information content (AvgIpc) is 2.21. The minimum absolute atomic E-state index is 1.26. The fourth-order valence-electron chi connectivity index (χ4n) is 0.703. The first kappa shape index (κ1) is 8.48. The van der Waals surface area contributed by atoms with Crippen molar-refractivity contribution in [3.63, 3.8) is 0 Å². The quantitative estimate of drug-likeness (QED) is 0.464. The molecule has 0 radical (unpaired) electrons. The van der Waals surface area contributed by atoms with E-state index in [1.165, 1.54) is 19.3 Å². The van der Waals surface area contributed by atoms with Gasteiger partial charge in [-0.05, 0) is 19.3 Å². The van der Waals surface area contributed by atoms with Crippen LogP contribution >= 0.6 is 0 Å². The zero-order valence-electron chi connectivity index (χ0n) is 6.43. The van der Waals surface area contributed by atoms with Gasteiger partial charge in [0.25, 0.3) is 0 Å². The lowest BCUT2D eigenvalue weighted by Gasteiger charge is -1.81. The summed E-state index contributed by atoms with van der Waals surface area (Å²) in [4.78, 5) is 0. The van der Waals surface area contributed by atoms with Crippen molar-refractivity contribution < 1.29 is 0 Å². The molecule has 1 aliphatic carbocycles.